The van der Waals surface area contributed by atoms with Gasteiger partial charge in [-0.25, -0.2) is 12.7 Å². The van der Waals surface area contributed by atoms with Gasteiger partial charge in [-0.3, -0.25) is 4.79 Å². The van der Waals surface area contributed by atoms with Crippen molar-refractivity contribution in [2.24, 2.45) is 0 Å². The summed E-state index contributed by atoms with van der Waals surface area (Å²) >= 11 is 0. The molecule has 1 aliphatic carbocycles. The Balaban J connectivity index is 1.40. The van der Waals surface area contributed by atoms with E-state index in [1.165, 1.54) is 0 Å². The van der Waals surface area contributed by atoms with Crippen molar-refractivity contribution in [3.63, 3.8) is 0 Å². The SMILES string of the molecule is O=C(NC1CCN(S(=O)(=O)C2CC2)CC1)c1cccc2cc[nH]c12. The van der Waals surface area contributed by atoms with E-state index in [-0.39, 0.29) is 17.2 Å². The zero-order valence-electron chi connectivity index (χ0n) is 13.4. The molecule has 0 spiro atoms. The topological polar surface area (TPSA) is 82.3 Å². The summed E-state index contributed by atoms with van der Waals surface area (Å²) in [7, 11) is -3.10. The van der Waals surface area contributed by atoms with E-state index in [4.69, 9.17) is 0 Å². The average Bonchev–Trinajstić information content (AvgIpc) is 3.33. The molecule has 0 bridgehead atoms. The Morgan fingerprint density at radius 3 is 2.58 bits per heavy atom. The molecular formula is C17H21N3O3S. The number of nitrogens with one attached hydrogen (secondary N) is 2. The number of sulfonamides is 1. The summed E-state index contributed by atoms with van der Waals surface area (Å²) in [4.78, 5) is 15.7. The van der Waals surface area contributed by atoms with Gasteiger partial charge in [-0.2, -0.15) is 0 Å². The van der Waals surface area contributed by atoms with Gasteiger partial charge in [0.1, 0.15) is 0 Å². The van der Waals surface area contributed by atoms with Crippen LogP contribution in [0.15, 0.2) is 30.5 Å². The number of H-pyrrole nitrogens is 1. The fourth-order valence-corrected chi connectivity index (χ4v) is 5.24. The average molecular weight is 347 g/mol. The second-order valence-electron chi connectivity index (χ2n) is 6.64. The molecule has 2 heterocycles. The van der Waals surface area contributed by atoms with Crippen molar-refractivity contribution in [1.29, 1.82) is 0 Å². The van der Waals surface area contributed by atoms with Gasteiger partial charge in [0.05, 0.1) is 16.3 Å². The molecule has 1 amide bonds. The maximum Gasteiger partial charge on any atom is 0.253 e. The third-order valence-corrected chi connectivity index (χ3v) is 7.33. The van der Waals surface area contributed by atoms with E-state index in [0.717, 1.165) is 23.7 Å². The maximum atomic E-state index is 12.6. The second-order valence-corrected chi connectivity index (χ2v) is 8.85. The Labute approximate surface area is 141 Å². The Morgan fingerprint density at radius 1 is 1.12 bits per heavy atom. The summed E-state index contributed by atoms with van der Waals surface area (Å²) < 4.78 is 26.1. The van der Waals surface area contributed by atoms with Crippen LogP contribution in [0.2, 0.25) is 0 Å². The minimum absolute atomic E-state index is 0.0216. The van der Waals surface area contributed by atoms with E-state index in [1.54, 1.807) is 10.4 Å². The van der Waals surface area contributed by atoms with Crippen molar-refractivity contribution in [1.82, 2.24) is 14.6 Å². The fourth-order valence-electron chi connectivity index (χ4n) is 3.37. The zero-order valence-corrected chi connectivity index (χ0v) is 14.2. The van der Waals surface area contributed by atoms with Crippen LogP contribution in [0.4, 0.5) is 0 Å². The molecule has 1 aromatic carbocycles. The number of carbonyl (C=O) groups is 1. The highest BCUT2D eigenvalue weighted by Gasteiger charge is 2.41. The number of hydrogen-bond donors (Lipinski definition) is 2. The van der Waals surface area contributed by atoms with Gasteiger partial charge < -0.3 is 10.3 Å². The highest BCUT2D eigenvalue weighted by Crippen LogP contribution is 2.32. The van der Waals surface area contributed by atoms with Crippen LogP contribution < -0.4 is 5.32 Å². The summed E-state index contributed by atoms with van der Waals surface area (Å²) in [6.07, 6.45) is 4.73. The number of fused-ring (bicyclic) bond motifs is 1. The van der Waals surface area contributed by atoms with Gasteiger partial charge in [-0.05, 0) is 37.8 Å². The number of piperidine rings is 1. The third kappa shape index (κ3) is 2.82. The van der Waals surface area contributed by atoms with Crippen LogP contribution in [0.25, 0.3) is 10.9 Å². The lowest BCUT2D eigenvalue weighted by Crippen LogP contribution is -2.47. The maximum absolute atomic E-state index is 12.6. The molecule has 1 saturated carbocycles. The van der Waals surface area contributed by atoms with Crippen molar-refractivity contribution in [3.8, 4) is 0 Å². The molecule has 1 aromatic heterocycles. The molecule has 2 aromatic rings. The van der Waals surface area contributed by atoms with Gasteiger partial charge >= 0.3 is 0 Å². The highest BCUT2D eigenvalue weighted by atomic mass is 32.2. The van der Waals surface area contributed by atoms with Crippen LogP contribution in [0.1, 0.15) is 36.0 Å². The van der Waals surface area contributed by atoms with Crippen LogP contribution in [0.5, 0.6) is 0 Å². The van der Waals surface area contributed by atoms with Crippen LogP contribution in [0, 0.1) is 0 Å². The lowest BCUT2D eigenvalue weighted by atomic mass is 10.1. The summed E-state index contributed by atoms with van der Waals surface area (Å²) in [5.41, 5.74) is 1.47. The van der Waals surface area contributed by atoms with Gasteiger partial charge in [-0.15, -0.1) is 0 Å². The van der Waals surface area contributed by atoms with E-state index < -0.39 is 10.0 Å². The summed E-state index contributed by atoms with van der Waals surface area (Å²) in [5.74, 6) is -0.105. The molecule has 7 heteroatoms. The van der Waals surface area contributed by atoms with E-state index in [0.29, 0.717) is 31.5 Å². The number of aromatic amines is 1. The largest absolute Gasteiger partial charge is 0.361 e. The van der Waals surface area contributed by atoms with Crippen LogP contribution in [-0.4, -0.2) is 48.0 Å². The van der Waals surface area contributed by atoms with Crippen molar-refractivity contribution < 1.29 is 13.2 Å². The molecule has 1 saturated heterocycles. The van der Waals surface area contributed by atoms with Gasteiger partial charge in [0, 0.05) is 30.7 Å². The molecule has 128 valence electrons. The molecule has 4 rings (SSSR count). The minimum Gasteiger partial charge on any atom is -0.361 e. The van der Waals surface area contributed by atoms with Crippen molar-refractivity contribution in [2.75, 3.05) is 13.1 Å². The number of aromatic nitrogens is 1. The summed E-state index contributed by atoms with van der Waals surface area (Å²) in [5, 5.41) is 3.90. The monoisotopic (exact) mass is 347 g/mol. The normalized spacial score (nSPS) is 20.3. The van der Waals surface area contributed by atoms with Crippen molar-refractivity contribution in [3.05, 3.63) is 36.0 Å². The van der Waals surface area contributed by atoms with Crippen LogP contribution >= 0.6 is 0 Å². The number of rotatable bonds is 4. The predicted octanol–water partition coefficient (Wildman–Crippen LogP) is 1.85. The van der Waals surface area contributed by atoms with E-state index in [9.17, 15) is 13.2 Å². The van der Waals surface area contributed by atoms with Gasteiger partial charge in [0.15, 0.2) is 0 Å². The third-order valence-electron chi connectivity index (χ3n) is 4.93. The van der Waals surface area contributed by atoms with Gasteiger partial charge in [-0.1, -0.05) is 12.1 Å². The first-order valence-electron chi connectivity index (χ1n) is 8.41. The number of nitrogens with zero attached hydrogens (tertiary/aromatic N) is 1. The lowest BCUT2D eigenvalue weighted by Gasteiger charge is -2.31. The number of amides is 1. The minimum atomic E-state index is -3.10. The highest BCUT2D eigenvalue weighted by molar-refractivity contribution is 7.90. The second kappa shape index (κ2) is 5.89. The standard InChI is InChI=1S/C17H21N3O3S/c21-17(15-3-1-2-12-6-9-18-16(12)15)19-13-7-10-20(11-8-13)24(22,23)14-4-5-14/h1-3,6,9,13-14,18H,4-5,7-8,10-11H2,(H,19,21). The van der Waals surface area contributed by atoms with Crippen LogP contribution in [-0.2, 0) is 10.0 Å². The summed E-state index contributed by atoms with van der Waals surface area (Å²) in [6, 6.07) is 7.60. The molecule has 0 unspecified atom stereocenters. The molecule has 2 N–H and O–H groups in total. The molecular weight excluding hydrogens is 326 g/mol. The summed E-state index contributed by atoms with van der Waals surface area (Å²) in [6.45, 7) is 0.993. The van der Waals surface area contributed by atoms with Crippen molar-refractivity contribution in [2.45, 2.75) is 37.0 Å². The van der Waals surface area contributed by atoms with Gasteiger partial charge in [0.25, 0.3) is 5.91 Å². The van der Waals surface area contributed by atoms with E-state index in [2.05, 4.69) is 10.3 Å². The predicted molar refractivity (Wildman–Crippen MR) is 92.3 cm³/mol. The molecule has 1 aliphatic heterocycles. The van der Waals surface area contributed by atoms with E-state index >= 15 is 0 Å². The number of carbonyl (C=O) groups excluding carboxylic acids is 1. The number of para-hydroxylation sites is 1. The fraction of sp³-hybridized carbons (Fsp3) is 0.471. The molecule has 6 nitrogen and oxygen atoms in total. The first kappa shape index (κ1) is 15.7. The zero-order chi connectivity index (χ0) is 16.7. The first-order chi connectivity index (χ1) is 11.6. The molecule has 24 heavy (non-hydrogen) atoms. The van der Waals surface area contributed by atoms with Crippen LogP contribution in [0.3, 0.4) is 0 Å². The number of hydrogen-bond acceptors (Lipinski definition) is 3. The Kier molecular flexibility index (Phi) is 3.85. The Hall–Kier alpha value is -1.86. The van der Waals surface area contributed by atoms with E-state index in [1.807, 2.05) is 24.4 Å². The molecule has 2 fully saturated rings. The molecule has 0 atom stereocenters. The Morgan fingerprint density at radius 2 is 1.88 bits per heavy atom. The smallest absolute Gasteiger partial charge is 0.253 e. The first-order valence-corrected chi connectivity index (χ1v) is 9.92. The molecule has 2 aliphatic rings. The molecule has 0 radical (unpaired) electrons. The quantitative estimate of drug-likeness (QED) is 0.885. The number of benzene rings is 1. The van der Waals surface area contributed by atoms with Gasteiger partial charge in [0.2, 0.25) is 10.0 Å². The lowest BCUT2D eigenvalue weighted by molar-refractivity contribution is 0.0925. The Bertz CT molecular complexity index is 862. The van der Waals surface area contributed by atoms with Crippen molar-refractivity contribution >= 4 is 26.8 Å².